The number of hydrogen-bond acceptors (Lipinski definition) is 9. The molecule has 8 rings (SSSR count). The van der Waals surface area contributed by atoms with Gasteiger partial charge in [-0.2, -0.15) is 0 Å². The molecule has 3 heterocycles. The van der Waals surface area contributed by atoms with Gasteiger partial charge in [0, 0.05) is 21.7 Å². The highest BCUT2D eigenvalue weighted by Crippen LogP contribution is 2.68. The zero-order chi connectivity index (χ0) is 33.3. The number of aryl methyl sites for hydroxylation is 1. The fourth-order valence-electron chi connectivity index (χ4n) is 8.44. The minimum Gasteiger partial charge on any atom is -0.497 e. The van der Waals surface area contributed by atoms with Crippen LogP contribution in [0.25, 0.3) is 0 Å². The highest BCUT2D eigenvalue weighted by atomic mass is 32.2. The molecule has 246 valence electrons. The normalized spacial score (nSPS) is 26.6. The zero-order valence-electron chi connectivity index (χ0n) is 26.4. The highest BCUT2D eigenvalue weighted by molar-refractivity contribution is 8.00. The van der Waals surface area contributed by atoms with Crippen molar-refractivity contribution in [3.05, 3.63) is 92.4 Å². The topological polar surface area (TPSA) is 127 Å². The van der Waals surface area contributed by atoms with Gasteiger partial charge in [-0.15, -0.1) is 11.8 Å². The molecular formula is C36H33N3O7S2. The summed E-state index contributed by atoms with van der Waals surface area (Å²) in [4.78, 5) is 58.5. The molecule has 3 aromatic carbocycles. The molecule has 3 amide bonds. The summed E-state index contributed by atoms with van der Waals surface area (Å²) < 4.78 is 16.9. The fourth-order valence-corrected chi connectivity index (χ4v) is 11.3. The second kappa shape index (κ2) is 11.9. The van der Waals surface area contributed by atoms with Crippen LogP contribution < -0.4 is 29.3 Å². The molecule has 2 aliphatic carbocycles. The first kappa shape index (κ1) is 30.8. The number of hydrogen-bond donors (Lipinski definition) is 2. The third-order valence-electron chi connectivity index (χ3n) is 10.3. The SMILES string of the molecule is COc1ccc(N2C(=O)C3C4CC(C3C2=O)C2C4Sc3[nH]c(=O)sc3[C@@H]2c2ccc(OCC(=O)Nc3cccc(C)c3)c(OC)c2)cc1. The monoisotopic (exact) mass is 683 g/mol. The quantitative estimate of drug-likeness (QED) is 0.235. The predicted molar refractivity (Wildman–Crippen MR) is 182 cm³/mol. The minimum atomic E-state index is -0.414. The number of thiazole rings is 1. The first-order valence-electron chi connectivity index (χ1n) is 15.8. The number of fused-ring (bicyclic) bond motifs is 9. The average molecular weight is 684 g/mol. The maximum absolute atomic E-state index is 14.1. The van der Waals surface area contributed by atoms with Crippen LogP contribution in [-0.4, -0.2) is 48.8 Å². The van der Waals surface area contributed by atoms with E-state index in [2.05, 4.69) is 10.3 Å². The number of carbonyl (C=O) groups is 3. The molecule has 4 aliphatic rings. The number of nitrogens with one attached hydrogen (secondary N) is 2. The Morgan fingerprint density at radius 1 is 0.938 bits per heavy atom. The van der Waals surface area contributed by atoms with Crippen LogP contribution >= 0.6 is 23.1 Å². The second-order valence-electron chi connectivity index (χ2n) is 12.8. The molecule has 0 radical (unpaired) electrons. The van der Waals surface area contributed by atoms with Crippen molar-refractivity contribution in [1.82, 2.24) is 4.98 Å². The van der Waals surface area contributed by atoms with Crippen LogP contribution in [0.5, 0.6) is 17.2 Å². The number of aromatic nitrogens is 1. The van der Waals surface area contributed by atoms with Crippen molar-refractivity contribution in [2.45, 2.75) is 29.5 Å². The average Bonchev–Trinajstić information content (AvgIpc) is 3.82. The molecule has 3 fully saturated rings. The van der Waals surface area contributed by atoms with Crippen LogP contribution in [-0.2, 0) is 14.4 Å². The van der Waals surface area contributed by atoms with Crippen LogP contribution in [0.2, 0.25) is 0 Å². The van der Waals surface area contributed by atoms with E-state index in [4.69, 9.17) is 14.2 Å². The number of nitrogens with zero attached hydrogens (tertiary/aromatic N) is 1. The Bertz CT molecular complexity index is 2010. The van der Waals surface area contributed by atoms with E-state index in [1.54, 1.807) is 56.3 Å². The Labute approximate surface area is 284 Å². The van der Waals surface area contributed by atoms with Crippen molar-refractivity contribution in [3.8, 4) is 17.2 Å². The number of amides is 3. The van der Waals surface area contributed by atoms with Gasteiger partial charge in [0.05, 0.1) is 36.8 Å². The van der Waals surface area contributed by atoms with Crippen molar-refractivity contribution in [3.63, 3.8) is 0 Å². The standard InChI is InChI=1S/C36H33N3O7S2/c1-17-5-4-6-19(13-17)37-26(40)16-46-24-12-7-18(14-25(24)45-3)27-28-22-15-23(31(28)47-33-32(27)48-36(43)38-33)30-29(22)34(41)39(35(30)42)20-8-10-21(44-2)11-9-20/h4-14,22-23,27-31H,15-16H2,1-3H3,(H,37,40)(H,38,43)/t22?,23?,27-,28?,29?,30?,31?/m1/s1. The van der Waals surface area contributed by atoms with E-state index in [-0.39, 0.29) is 64.0 Å². The third kappa shape index (κ3) is 4.92. The van der Waals surface area contributed by atoms with Gasteiger partial charge in [0.1, 0.15) is 5.75 Å². The van der Waals surface area contributed by atoms with Crippen molar-refractivity contribution < 1.29 is 28.6 Å². The molecule has 2 aliphatic heterocycles. The van der Waals surface area contributed by atoms with E-state index < -0.39 is 5.92 Å². The molecule has 2 bridgehead atoms. The maximum atomic E-state index is 14.1. The molecule has 48 heavy (non-hydrogen) atoms. The van der Waals surface area contributed by atoms with Crippen molar-refractivity contribution in [1.29, 1.82) is 0 Å². The Morgan fingerprint density at radius 3 is 2.44 bits per heavy atom. The van der Waals surface area contributed by atoms with E-state index in [1.807, 2.05) is 43.3 Å². The van der Waals surface area contributed by atoms with Gasteiger partial charge >= 0.3 is 4.87 Å². The Morgan fingerprint density at radius 2 is 1.71 bits per heavy atom. The summed E-state index contributed by atoms with van der Waals surface area (Å²) in [6, 6.07) is 20.2. The number of ether oxygens (including phenoxy) is 3. The molecule has 1 aromatic heterocycles. The van der Waals surface area contributed by atoms with Crippen molar-refractivity contribution in [2.24, 2.45) is 29.6 Å². The van der Waals surface area contributed by atoms with Crippen LogP contribution in [0.1, 0.15) is 28.3 Å². The Hall–Kier alpha value is -4.55. The maximum Gasteiger partial charge on any atom is 0.305 e. The lowest BCUT2D eigenvalue weighted by Gasteiger charge is -2.43. The summed E-state index contributed by atoms with van der Waals surface area (Å²) >= 11 is 2.85. The lowest BCUT2D eigenvalue weighted by Crippen LogP contribution is -2.42. The number of carbonyl (C=O) groups excluding carboxylic acids is 3. The smallest absolute Gasteiger partial charge is 0.305 e. The van der Waals surface area contributed by atoms with Gasteiger partial charge in [0.25, 0.3) is 5.91 Å². The minimum absolute atomic E-state index is 0.00478. The van der Waals surface area contributed by atoms with Crippen LogP contribution in [0.15, 0.2) is 76.6 Å². The molecule has 6 unspecified atom stereocenters. The Balaban J connectivity index is 1.09. The molecule has 2 saturated carbocycles. The van der Waals surface area contributed by atoms with E-state index in [0.717, 1.165) is 27.5 Å². The van der Waals surface area contributed by atoms with Crippen molar-refractivity contribution in [2.75, 3.05) is 31.0 Å². The first-order chi connectivity index (χ1) is 23.2. The summed E-state index contributed by atoms with van der Waals surface area (Å²) in [6.07, 6.45) is 0.787. The van der Waals surface area contributed by atoms with Gasteiger partial charge in [-0.3, -0.25) is 24.1 Å². The van der Waals surface area contributed by atoms with Gasteiger partial charge in [-0.05, 0) is 90.8 Å². The number of aromatic amines is 1. The molecule has 4 aromatic rings. The van der Waals surface area contributed by atoms with E-state index >= 15 is 0 Å². The third-order valence-corrected chi connectivity index (χ3v) is 12.9. The first-order valence-corrected chi connectivity index (χ1v) is 17.5. The molecule has 7 atom stereocenters. The number of methoxy groups -OCH3 is 2. The number of H-pyrrole nitrogens is 1. The summed E-state index contributed by atoms with van der Waals surface area (Å²) in [6.45, 7) is 1.75. The lowest BCUT2D eigenvalue weighted by atomic mass is 9.68. The Kier molecular flexibility index (Phi) is 7.59. The predicted octanol–water partition coefficient (Wildman–Crippen LogP) is 5.46. The number of anilines is 2. The number of imide groups is 1. The summed E-state index contributed by atoms with van der Waals surface area (Å²) in [7, 11) is 3.13. The van der Waals surface area contributed by atoms with E-state index in [0.29, 0.717) is 28.6 Å². The molecular weight excluding hydrogens is 651 g/mol. The van der Waals surface area contributed by atoms with Gasteiger partial charge < -0.3 is 24.5 Å². The largest absolute Gasteiger partial charge is 0.497 e. The molecule has 12 heteroatoms. The fraction of sp³-hybridized carbons (Fsp3) is 0.333. The summed E-state index contributed by atoms with van der Waals surface area (Å²) in [5, 5.41) is 3.74. The molecule has 10 nitrogen and oxygen atoms in total. The molecule has 0 spiro atoms. The van der Waals surface area contributed by atoms with E-state index in [9.17, 15) is 19.2 Å². The van der Waals surface area contributed by atoms with Crippen LogP contribution in [0.3, 0.4) is 0 Å². The summed E-state index contributed by atoms with van der Waals surface area (Å²) in [5.41, 5.74) is 3.22. The summed E-state index contributed by atoms with van der Waals surface area (Å²) in [5.74, 6) is -0.0210. The van der Waals surface area contributed by atoms with Gasteiger partial charge in [-0.25, -0.2) is 0 Å². The number of benzene rings is 3. The molecule has 2 N–H and O–H groups in total. The van der Waals surface area contributed by atoms with Crippen LogP contribution in [0, 0.1) is 36.5 Å². The van der Waals surface area contributed by atoms with Crippen molar-refractivity contribution >= 4 is 52.2 Å². The van der Waals surface area contributed by atoms with Crippen LogP contribution in [0.4, 0.5) is 11.4 Å². The van der Waals surface area contributed by atoms with E-state index in [1.165, 1.54) is 16.2 Å². The highest BCUT2D eigenvalue weighted by Gasteiger charge is 2.69. The van der Waals surface area contributed by atoms with Gasteiger partial charge in [0.15, 0.2) is 18.1 Å². The number of thioether (sulfide) groups is 1. The lowest BCUT2D eigenvalue weighted by molar-refractivity contribution is -0.123. The zero-order valence-corrected chi connectivity index (χ0v) is 28.1. The van der Waals surface area contributed by atoms with Gasteiger partial charge in [-0.1, -0.05) is 29.5 Å². The number of rotatable bonds is 8. The van der Waals surface area contributed by atoms with Gasteiger partial charge in [0.2, 0.25) is 11.8 Å². The molecule has 1 saturated heterocycles. The second-order valence-corrected chi connectivity index (χ2v) is 15.0.